The van der Waals surface area contributed by atoms with Gasteiger partial charge in [-0.2, -0.15) is 0 Å². The van der Waals surface area contributed by atoms with Crippen LogP contribution in [0, 0.1) is 65.1 Å². The maximum atomic E-state index is 2.79. The molecule has 3 nitrogen and oxygen atoms in total. The van der Waals surface area contributed by atoms with Crippen LogP contribution in [0.25, 0.3) is 0 Å². The van der Waals surface area contributed by atoms with Gasteiger partial charge in [0.2, 0.25) is 0 Å². The van der Waals surface area contributed by atoms with Crippen LogP contribution in [0.1, 0.15) is 91.9 Å². The molecule has 6 heteroatoms. The molecule has 3 saturated heterocycles. The monoisotopic (exact) mass is 847 g/mol. The summed E-state index contributed by atoms with van der Waals surface area (Å²) in [4.78, 5) is 0. The van der Waals surface area contributed by atoms with E-state index in [0.29, 0.717) is 0 Å². The van der Waals surface area contributed by atoms with Crippen molar-refractivity contribution < 1.29 is 0 Å². The van der Waals surface area contributed by atoms with Gasteiger partial charge in [0.15, 0.2) is 0 Å². The molecule has 0 spiro atoms. The summed E-state index contributed by atoms with van der Waals surface area (Å²) in [5, 5.41) is 0. The Bertz CT molecular complexity index is 796. The molecule has 6 rings (SSSR count). The van der Waals surface area contributed by atoms with Gasteiger partial charge < -0.3 is 0 Å². The van der Waals surface area contributed by atoms with Crippen LogP contribution in [0.15, 0.2) is 0 Å². The van der Waals surface area contributed by atoms with Gasteiger partial charge in [-0.05, 0) is 123 Å². The van der Waals surface area contributed by atoms with Gasteiger partial charge in [-0.25, -0.2) is 9.34 Å². The minimum Gasteiger partial charge on any atom is -0.244 e. The number of hydrogen-bond donors (Lipinski definition) is 0. The second-order valence-corrected chi connectivity index (χ2v) is 18.9. The van der Waals surface area contributed by atoms with E-state index in [4.69, 9.17) is 0 Å². The number of hydrogen-bond acceptors (Lipinski definition) is 3. The van der Waals surface area contributed by atoms with E-state index in [2.05, 4.69) is 106 Å². The van der Waals surface area contributed by atoms with E-state index in [0.717, 1.165) is 83.2 Å². The predicted molar refractivity (Wildman–Crippen MR) is 181 cm³/mol. The Morgan fingerprint density at radius 3 is 1.97 bits per heavy atom. The summed E-state index contributed by atoms with van der Waals surface area (Å²) in [5.41, 5.74) is 0. The van der Waals surface area contributed by atoms with Crippen molar-refractivity contribution in [1.29, 1.82) is 0 Å². The molecule has 212 valence electrons. The summed E-state index contributed by atoms with van der Waals surface area (Å²) >= 11 is 8.04. The van der Waals surface area contributed by atoms with Gasteiger partial charge >= 0.3 is 0 Å². The van der Waals surface area contributed by atoms with Gasteiger partial charge in [0.25, 0.3) is 0 Å². The average molecular weight is 847 g/mol. The molecule has 6 aliphatic rings. The van der Waals surface area contributed by atoms with Crippen LogP contribution in [-0.4, -0.2) is 47.1 Å². The van der Waals surface area contributed by atoms with E-state index in [-0.39, 0.29) is 0 Å². The van der Waals surface area contributed by atoms with Gasteiger partial charge in [-0.1, -0.05) is 34.1 Å². The first-order valence-electron chi connectivity index (χ1n) is 15.9. The standard InChI is InChI=1S/C31H52I3N3/c1-18(2)29-13-24-9-21(5-6-23(24)15-35(29)32)8-20(4)31-28-11-22(10-27(28)17-37(31)34)7-19(3)30-14-25-12-26(25)16-36(30)33/h18-31H,5-17H2,1-4H3/t19?,20?,21?,22?,23-,24+,25+,26-,27-,28-,29?,30?,31?/m1/s1. The zero-order valence-electron chi connectivity index (χ0n) is 23.8. The molecule has 0 radical (unpaired) electrons. The van der Waals surface area contributed by atoms with Crippen molar-refractivity contribution in [1.82, 2.24) is 9.34 Å². The van der Waals surface area contributed by atoms with Crippen LogP contribution in [0.3, 0.4) is 0 Å². The third kappa shape index (κ3) is 6.24. The maximum absolute atomic E-state index is 2.79. The van der Waals surface area contributed by atoms with Crippen molar-refractivity contribution in [2.45, 2.75) is 110 Å². The summed E-state index contributed by atoms with van der Waals surface area (Å²) in [6.45, 7) is 14.2. The topological polar surface area (TPSA) is 9.72 Å². The van der Waals surface area contributed by atoms with E-state index < -0.39 is 0 Å². The highest BCUT2D eigenvalue weighted by atomic mass is 127. The largest absolute Gasteiger partial charge is 0.244 e. The first-order valence-corrected chi connectivity index (χ1v) is 18.8. The van der Waals surface area contributed by atoms with Gasteiger partial charge in [0, 0.05) is 106 Å². The van der Waals surface area contributed by atoms with Crippen LogP contribution in [0.4, 0.5) is 0 Å². The molecule has 0 N–H and O–H groups in total. The molecule has 7 unspecified atom stereocenters. The van der Waals surface area contributed by atoms with Crippen molar-refractivity contribution in [3.05, 3.63) is 0 Å². The number of rotatable bonds is 7. The summed E-state index contributed by atoms with van der Waals surface area (Å²) in [6.07, 6.45) is 15.0. The van der Waals surface area contributed by atoms with Crippen LogP contribution >= 0.6 is 68.6 Å². The van der Waals surface area contributed by atoms with Crippen LogP contribution in [0.5, 0.6) is 0 Å². The number of nitrogens with zero attached hydrogens (tertiary/aromatic N) is 3. The van der Waals surface area contributed by atoms with Crippen LogP contribution < -0.4 is 0 Å². The highest BCUT2D eigenvalue weighted by Gasteiger charge is 2.51. The molecule has 13 atom stereocenters. The molecule has 3 aliphatic heterocycles. The third-order valence-corrected chi connectivity index (χ3v) is 15.6. The second kappa shape index (κ2) is 12.0. The lowest BCUT2D eigenvalue weighted by Gasteiger charge is -2.47. The van der Waals surface area contributed by atoms with E-state index in [9.17, 15) is 0 Å². The van der Waals surface area contributed by atoms with E-state index in [1.54, 1.807) is 0 Å². The van der Waals surface area contributed by atoms with Gasteiger partial charge in [-0.15, -0.1) is 0 Å². The summed E-state index contributed by atoms with van der Waals surface area (Å²) in [6, 6.07) is 2.49. The molecular weight excluding hydrogens is 795 g/mol. The fourth-order valence-corrected chi connectivity index (χ4v) is 14.5. The van der Waals surface area contributed by atoms with Crippen molar-refractivity contribution in [2.75, 3.05) is 19.6 Å². The summed E-state index contributed by atoms with van der Waals surface area (Å²) in [5.74, 6) is 10.6. The first-order chi connectivity index (χ1) is 17.7. The smallest absolute Gasteiger partial charge is 0.0251 e. The number of fused-ring (bicyclic) bond motifs is 3. The van der Waals surface area contributed by atoms with Crippen LogP contribution in [-0.2, 0) is 0 Å². The minimum atomic E-state index is 0.793. The lowest BCUT2D eigenvalue weighted by Crippen LogP contribution is -2.46. The van der Waals surface area contributed by atoms with E-state index in [1.165, 1.54) is 83.8 Å². The summed E-state index contributed by atoms with van der Waals surface area (Å²) in [7, 11) is 0. The Morgan fingerprint density at radius 2 is 1.19 bits per heavy atom. The summed E-state index contributed by atoms with van der Waals surface area (Å²) < 4.78 is 8.17. The lowest BCUT2D eigenvalue weighted by molar-refractivity contribution is 0.0584. The quantitative estimate of drug-likeness (QED) is 0.187. The zero-order chi connectivity index (χ0) is 26.0. The molecule has 6 fully saturated rings. The SMILES string of the molecule is CC(C)C1C[C@@H]2CC(CC(C)C3[C@@H]4CC(CC(C)C5C[C@@H]6C[C@@H]6CN5I)C[C@@H]4CN3I)CC[C@@H]2CN1I. The Morgan fingerprint density at radius 1 is 0.568 bits per heavy atom. The van der Waals surface area contributed by atoms with Gasteiger partial charge in [-0.3, -0.25) is 0 Å². The first kappa shape index (κ1) is 29.2. The second-order valence-electron chi connectivity index (χ2n) is 15.2. The molecule has 3 saturated carbocycles. The highest BCUT2D eigenvalue weighted by Crippen LogP contribution is 2.54. The van der Waals surface area contributed by atoms with Crippen molar-refractivity contribution >= 4 is 68.6 Å². The molecule has 0 aromatic carbocycles. The molecule has 3 heterocycles. The fourth-order valence-electron chi connectivity index (χ4n) is 10.4. The molecule has 0 bridgehead atoms. The van der Waals surface area contributed by atoms with Gasteiger partial charge in [0.05, 0.1) is 0 Å². The molecular formula is C31H52I3N3. The Kier molecular flexibility index (Phi) is 9.44. The molecule has 0 amide bonds. The van der Waals surface area contributed by atoms with Crippen LogP contribution in [0.2, 0.25) is 0 Å². The van der Waals surface area contributed by atoms with E-state index >= 15 is 0 Å². The van der Waals surface area contributed by atoms with Crippen molar-refractivity contribution in [2.24, 2.45) is 65.1 Å². The van der Waals surface area contributed by atoms with Gasteiger partial charge in [0.1, 0.15) is 0 Å². The molecule has 0 aromatic rings. The van der Waals surface area contributed by atoms with Crippen molar-refractivity contribution in [3.63, 3.8) is 0 Å². The maximum Gasteiger partial charge on any atom is 0.0251 e. The number of halogens is 3. The van der Waals surface area contributed by atoms with Crippen molar-refractivity contribution in [3.8, 4) is 0 Å². The normalized spacial score (nSPS) is 48.5. The predicted octanol–water partition coefficient (Wildman–Crippen LogP) is 8.89. The third-order valence-electron chi connectivity index (χ3n) is 12.4. The Balaban J connectivity index is 1.02. The Labute approximate surface area is 270 Å². The minimum absolute atomic E-state index is 0.793. The lowest BCUT2D eigenvalue weighted by atomic mass is 9.66. The fraction of sp³-hybridized carbons (Fsp3) is 1.00. The zero-order valence-corrected chi connectivity index (χ0v) is 30.2. The number of piperidine rings is 2. The molecule has 0 aromatic heterocycles. The Hall–Kier alpha value is 2.07. The molecule has 3 aliphatic carbocycles. The average Bonchev–Trinajstić information content (AvgIpc) is 3.38. The highest BCUT2D eigenvalue weighted by molar-refractivity contribution is 14.1. The molecule has 37 heavy (non-hydrogen) atoms. The van der Waals surface area contributed by atoms with E-state index in [1.807, 2.05) is 0 Å².